The van der Waals surface area contributed by atoms with Crippen molar-refractivity contribution in [3.8, 4) is 28.7 Å². The van der Waals surface area contributed by atoms with E-state index in [0.29, 0.717) is 61.9 Å². The summed E-state index contributed by atoms with van der Waals surface area (Å²) >= 11 is 7.39. The Hall–Kier alpha value is -4.18. The smallest absolute Gasteiger partial charge is 0.280 e. The van der Waals surface area contributed by atoms with Gasteiger partial charge in [-0.15, -0.1) is 0 Å². The maximum Gasteiger partial charge on any atom is 0.280 e. The lowest BCUT2D eigenvalue weighted by Crippen LogP contribution is -2.04. The van der Waals surface area contributed by atoms with Crippen LogP contribution >= 0.6 is 23.4 Å². The highest BCUT2D eigenvalue weighted by atomic mass is 35.5. The van der Waals surface area contributed by atoms with Gasteiger partial charge in [0.2, 0.25) is 0 Å². The van der Waals surface area contributed by atoms with Gasteiger partial charge in [0.25, 0.3) is 6.43 Å². The summed E-state index contributed by atoms with van der Waals surface area (Å²) in [5.41, 5.74) is 1.84. The molecule has 0 saturated carbocycles. The molecule has 4 aromatic rings. The minimum Gasteiger partial charge on any atom is -0.494 e. The number of pyridine rings is 1. The van der Waals surface area contributed by atoms with Crippen LogP contribution in [0.5, 0.6) is 5.75 Å². The molecule has 0 bridgehead atoms. The summed E-state index contributed by atoms with van der Waals surface area (Å²) in [5, 5.41) is 7.90. The van der Waals surface area contributed by atoms with Crippen LogP contribution in [0.15, 0.2) is 57.3 Å². The number of aryl methyl sites for hydroxylation is 1. The van der Waals surface area contributed by atoms with Crippen molar-refractivity contribution >= 4 is 42.2 Å². The summed E-state index contributed by atoms with van der Waals surface area (Å²) in [6, 6.07) is 7.56. The molecule has 1 N–H and O–H groups in total. The van der Waals surface area contributed by atoms with Gasteiger partial charge in [-0.3, -0.25) is 9.78 Å². The third-order valence-corrected chi connectivity index (χ3v) is 6.15. The fourth-order valence-corrected chi connectivity index (χ4v) is 4.00. The molecule has 0 aliphatic heterocycles. The van der Waals surface area contributed by atoms with E-state index in [0.717, 1.165) is 5.76 Å². The first-order chi connectivity index (χ1) is 19.3. The van der Waals surface area contributed by atoms with Gasteiger partial charge in [-0.2, -0.15) is 0 Å². The fraction of sp³-hybridized carbons (Fsp3) is 0.185. The van der Waals surface area contributed by atoms with E-state index in [1.807, 2.05) is 14.0 Å². The molecule has 0 aliphatic carbocycles. The van der Waals surface area contributed by atoms with Gasteiger partial charge in [-0.05, 0) is 62.4 Å². The quantitative estimate of drug-likeness (QED) is 0.0883. The zero-order chi connectivity index (χ0) is 29.1. The number of thioether (sulfide) groups is 1. The van der Waals surface area contributed by atoms with Crippen LogP contribution in [0.25, 0.3) is 11.1 Å². The van der Waals surface area contributed by atoms with Crippen LogP contribution in [0.2, 0.25) is 5.02 Å². The zero-order valence-corrected chi connectivity index (χ0v) is 23.2. The predicted molar refractivity (Wildman–Crippen MR) is 150 cm³/mol. The van der Waals surface area contributed by atoms with Gasteiger partial charge >= 0.3 is 0 Å². The molecule has 9 nitrogen and oxygen atoms in total. The number of ether oxygens (including phenoxy) is 1. The third kappa shape index (κ3) is 8.16. The third-order valence-electron chi connectivity index (χ3n) is 4.94. The number of aromatic nitrogens is 4. The van der Waals surface area contributed by atoms with Crippen LogP contribution in [0, 0.1) is 18.8 Å². The van der Waals surface area contributed by atoms with E-state index in [2.05, 4.69) is 49.0 Å². The number of hydrogen-bond acceptors (Lipinski definition) is 10. The maximum atomic E-state index is 12.8. The average molecular weight is 585 g/mol. The lowest BCUT2D eigenvalue weighted by molar-refractivity contribution is 0.112. The van der Waals surface area contributed by atoms with Gasteiger partial charge in [0.05, 0.1) is 19.5 Å². The van der Waals surface area contributed by atoms with E-state index in [1.54, 1.807) is 18.3 Å². The lowest BCUT2D eigenvalue weighted by atomic mass is 10.00. The molecule has 4 rings (SSSR count). The predicted octanol–water partition coefficient (Wildman–Crippen LogP) is 5.93. The second-order valence-electron chi connectivity index (χ2n) is 7.72. The van der Waals surface area contributed by atoms with E-state index in [9.17, 15) is 13.6 Å². The zero-order valence-electron chi connectivity index (χ0n) is 21.6. The summed E-state index contributed by atoms with van der Waals surface area (Å²) in [7, 11) is 3.26. The molecule has 40 heavy (non-hydrogen) atoms. The number of aliphatic imine (C=N–C) groups is 1. The van der Waals surface area contributed by atoms with E-state index in [4.69, 9.17) is 20.9 Å². The van der Waals surface area contributed by atoms with Crippen LogP contribution < -0.4 is 10.1 Å². The highest BCUT2D eigenvalue weighted by molar-refractivity contribution is 7.99. The first-order valence-corrected chi connectivity index (χ1v) is 12.8. The van der Waals surface area contributed by atoms with Crippen molar-refractivity contribution in [1.29, 1.82) is 0 Å². The molecule has 1 aromatic carbocycles. The standard InChI is InChI=1S/C14H10ClF2NO2.C13H13N5OS/c1-20-13-6-18-12(14(16)17)5-11(13)10-4-9(15)3-2-8(10)7-19;1-9-6-10(18-19-9)4-5-11-7-16-12(15-3)13(17-11)20-8-14-2/h2-7,14H,1H3;6-7,14H,3,8H2,1-2H3. The Morgan fingerprint density at radius 1 is 1.20 bits per heavy atom. The van der Waals surface area contributed by atoms with Gasteiger partial charge in [0, 0.05) is 28.1 Å². The molecule has 0 fully saturated rings. The Kier molecular flexibility index (Phi) is 11.3. The van der Waals surface area contributed by atoms with Crippen molar-refractivity contribution in [1.82, 2.24) is 25.4 Å². The maximum absolute atomic E-state index is 12.8. The van der Waals surface area contributed by atoms with Gasteiger partial charge in [0.1, 0.15) is 27.9 Å². The van der Waals surface area contributed by atoms with Crippen LogP contribution in [-0.4, -0.2) is 53.1 Å². The molecule has 0 saturated heterocycles. The molecule has 0 aliphatic rings. The van der Waals surface area contributed by atoms with Gasteiger partial charge in [-0.1, -0.05) is 28.5 Å². The van der Waals surface area contributed by atoms with Gasteiger partial charge in [-0.25, -0.2) is 23.7 Å². The first kappa shape index (κ1) is 30.4. The number of halogens is 3. The van der Waals surface area contributed by atoms with Crippen LogP contribution in [-0.2, 0) is 0 Å². The molecular weight excluding hydrogens is 562 g/mol. The van der Waals surface area contributed by atoms with E-state index >= 15 is 0 Å². The minimum atomic E-state index is -2.71. The van der Waals surface area contributed by atoms with Crippen LogP contribution in [0.1, 0.15) is 39.6 Å². The molecule has 3 aromatic heterocycles. The molecular formula is C27H23ClF2N6O3S. The molecule has 0 atom stereocenters. The Morgan fingerprint density at radius 3 is 2.60 bits per heavy atom. The summed E-state index contributed by atoms with van der Waals surface area (Å²) < 4.78 is 35.6. The van der Waals surface area contributed by atoms with Crippen LogP contribution in [0.3, 0.4) is 0 Å². The molecule has 0 spiro atoms. The van der Waals surface area contributed by atoms with Crippen molar-refractivity contribution in [2.24, 2.45) is 4.99 Å². The Labute approximate surface area is 238 Å². The van der Waals surface area contributed by atoms with Crippen molar-refractivity contribution in [3.63, 3.8) is 0 Å². The highest BCUT2D eigenvalue weighted by Gasteiger charge is 2.16. The molecule has 0 amide bonds. The van der Waals surface area contributed by atoms with E-state index < -0.39 is 12.1 Å². The summed E-state index contributed by atoms with van der Waals surface area (Å²) in [5.74, 6) is 8.00. The van der Waals surface area contributed by atoms with Crippen molar-refractivity contribution in [3.05, 3.63) is 76.2 Å². The molecule has 206 valence electrons. The highest BCUT2D eigenvalue weighted by Crippen LogP contribution is 2.35. The largest absolute Gasteiger partial charge is 0.494 e. The molecule has 13 heteroatoms. The molecule has 0 unspecified atom stereocenters. The fourth-order valence-electron chi connectivity index (χ4n) is 3.14. The Balaban J connectivity index is 0.000000220. The number of alkyl halides is 2. The summed E-state index contributed by atoms with van der Waals surface area (Å²) in [4.78, 5) is 27.1. The number of nitrogens with one attached hydrogen (secondary N) is 1. The Bertz CT molecular complexity index is 1560. The van der Waals surface area contributed by atoms with Crippen molar-refractivity contribution in [2.45, 2.75) is 18.4 Å². The average Bonchev–Trinajstić information content (AvgIpc) is 3.39. The molecule has 3 heterocycles. The monoisotopic (exact) mass is 584 g/mol. The number of rotatable bonds is 8. The normalized spacial score (nSPS) is 10.3. The van der Waals surface area contributed by atoms with Crippen molar-refractivity contribution < 1.29 is 22.8 Å². The second-order valence-corrected chi connectivity index (χ2v) is 9.12. The van der Waals surface area contributed by atoms with Crippen molar-refractivity contribution in [2.75, 3.05) is 20.0 Å². The number of carbonyl (C=O) groups is 1. The Morgan fingerprint density at radius 2 is 1.98 bits per heavy atom. The number of methoxy groups -OCH3 is 1. The SMILES string of the molecule is C=Nc1ncc(C#Cc2cc(C)on2)nc1SCNC.COc1cnc(C(F)F)cc1-c1cc(Cl)ccc1C=O. The lowest BCUT2D eigenvalue weighted by Gasteiger charge is -2.12. The minimum absolute atomic E-state index is 0.291. The topological polar surface area (TPSA) is 115 Å². The number of aldehydes is 1. The molecule has 0 radical (unpaired) electrons. The second kappa shape index (κ2) is 14.8. The van der Waals surface area contributed by atoms with E-state index in [1.165, 1.54) is 43.3 Å². The summed E-state index contributed by atoms with van der Waals surface area (Å²) in [6.07, 6.45) is 0.686. The summed E-state index contributed by atoms with van der Waals surface area (Å²) in [6.45, 7) is 5.30. The van der Waals surface area contributed by atoms with Gasteiger partial charge < -0.3 is 14.6 Å². The number of carbonyl (C=O) groups excluding carboxylic acids is 1. The van der Waals surface area contributed by atoms with E-state index in [-0.39, 0.29) is 0 Å². The van der Waals surface area contributed by atoms with Crippen LogP contribution in [0.4, 0.5) is 14.6 Å². The number of benzene rings is 1. The number of nitrogens with zero attached hydrogens (tertiary/aromatic N) is 5. The first-order valence-electron chi connectivity index (χ1n) is 11.4. The number of hydrogen-bond donors (Lipinski definition) is 1. The van der Waals surface area contributed by atoms with Gasteiger partial charge in [0.15, 0.2) is 17.8 Å².